The van der Waals surface area contributed by atoms with Crippen LogP contribution >= 0.6 is 22.9 Å². The summed E-state index contributed by atoms with van der Waals surface area (Å²) >= 11 is 6.77. The number of carbonyl (C=O) groups excluding carboxylic acids is 3. The molecule has 0 saturated heterocycles. The topological polar surface area (TPSA) is 84.5 Å². The van der Waals surface area contributed by atoms with Crippen LogP contribution in [-0.2, 0) is 4.74 Å². The molecule has 0 bridgehead atoms. The van der Waals surface area contributed by atoms with Gasteiger partial charge in [-0.25, -0.2) is 9.18 Å². The number of ether oxygens (including phenoxy) is 1. The fourth-order valence-electron chi connectivity index (χ4n) is 2.80. The first-order chi connectivity index (χ1) is 14.8. The third kappa shape index (κ3) is 5.10. The van der Waals surface area contributed by atoms with E-state index in [2.05, 4.69) is 10.6 Å². The Hall–Kier alpha value is -3.23. The molecule has 3 aromatic rings. The van der Waals surface area contributed by atoms with Gasteiger partial charge in [0.05, 0.1) is 22.6 Å². The highest BCUT2D eigenvalue weighted by Gasteiger charge is 2.27. The molecule has 2 amide bonds. The van der Waals surface area contributed by atoms with Gasteiger partial charge in [0.1, 0.15) is 10.8 Å². The predicted octanol–water partition coefficient (Wildman–Crippen LogP) is 5.53. The highest BCUT2D eigenvalue weighted by molar-refractivity contribution is 7.19. The Bertz CT molecular complexity index is 1140. The maximum Gasteiger partial charge on any atom is 0.341 e. The fraction of sp³-hybridized carbons (Fsp3) is 0.136. The summed E-state index contributed by atoms with van der Waals surface area (Å²) in [6.45, 7) is 3.34. The normalized spacial score (nSPS) is 10.5. The molecule has 0 aliphatic heterocycles. The molecule has 0 aliphatic carbocycles. The van der Waals surface area contributed by atoms with Crippen LogP contribution < -0.4 is 10.6 Å². The van der Waals surface area contributed by atoms with Gasteiger partial charge in [0.25, 0.3) is 11.8 Å². The van der Waals surface area contributed by atoms with Crippen molar-refractivity contribution in [3.05, 3.63) is 80.9 Å². The Labute approximate surface area is 187 Å². The Morgan fingerprint density at radius 1 is 1.03 bits per heavy atom. The Kier molecular flexibility index (Phi) is 7.04. The molecule has 160 valence electrons. The zero-order valence-electron chi connectivity index (χ0n) is 16.6. The zero-order valence-corrected chi connectivity index (χ0v) is 18.2. The van der Waals surface area contributed by atoms with Crippen LogP contribution in [0.1, 0.15) is 42.9 Å². The second kappa shape index (κ2) is 9.72. The highest BCUT2D eigenvalue weighted by Crippen LogP contribution is 2.35. The lowest BCUT2D eigenvalue weighted by molar-refractivity contribution is 0.0527. The molecule has 2 aromatic carbocycles. The molecule has 9 heteroatoms. The van der Waals surface area contributed by atoms with Crippen LogP contribution in [0.25, 0.3) is 0 Å². The second-order valence-electron chi connectivity index (χ2n) is 6.38. The summed E-state index contributed by atoms with van der Waals surface area (Å²) in [4.78, 5) is 38.1. The molecule has 0 fully saturated rings. The molecule has 1 aromatic heterocycles. The average molecular weight is 461 g/mol. The summed E-state index contributed by atoms with van der Waals surface area (Å²) in [6, 6.07) is 12.0. The highest BCUT2D eigenvalue weighted by atomic mass is 35.5. The third-order valence-corrected chi connectivity index (χ3v) is 5.74. The SMILES string of the molecule is CCOC(=O)c1c(NC(=O)c2ccccc2F)sc(C(=O)Nc2ccc(Cl)cc2)c1C. The average Bonchev–Trinajstić information content (AvgIpc) is 3.06. The minimum atomic E-state index is -0.741. The standard InChI is InChI=1S/C22H18ClFN2O4S/c1-3-30-22(29)17-12(2)18(20(28)25-14-10-8-13(23)9-11-14)31-21(17)26-19(27)15-6-4-5-7-16(15)24/h4-11H,3H2,1-2H3,(H,25,28)(H,26,27). The first-order valence-corrected chi connectivity index (χ1v) is 10.4. The number of nitrogens with one attached hydrogen (secondary N) is 2. The van der Waals surface area contributed by atoms with E-state index in [0.717, 1.165) is 17.4 Å². The number of esters is 1. The summed E-state index contributed by atoms with van der Waals surface area (Å²) in [5.74, 6) is -2.60. The summed E-state index contributed by atoms with van der Waals surface area (Å²) < 4.78 is 19.1. The Morgan fingerprint density at radius 3 is 2.35 bits per heavy atom. The lowest BCUT2D eigenvalue weighted by Crippen LogP contribution is -2.16. The van der Waals surface area contributed by atoms with Gasteiger partial charge in [0.2, 0.25) is 0 Å². The molecule has 0 saturated carbocycles. The van der Waals surface area contributed by atoms with E-state index in [-0.39, 0.29) is 27.6 Å². The molecule has 0 unspecified atom stereocenters. The van der Waals surface area contributed by atoms with E-state index in [0.29, 0.717) is 16.3 Å². The first-order valence-electron chi connectivity index (χ1n) is 9.25. The number of hydrogen-bond donors (Lipinski definition) is 2. The number of rotatable bonds is 6. The van der Waals surface area contributed by atoms with Crippen LogP contribution in [0.5, 0.6) is 0 Å². The quantitative estimate of drug-likeness (QED) is 0.473. The summed E-state index contributed by atoms with van der Waals surface area (Å²) in [6.07, 6.45) is 0. The number of amides is 2. The van der Waals surface area contributed by atoms with Crippen molar-refractivity contribution >= 4 is 51.4 Å². The van der Waals surface area contributed by atoms with Crippen molar-refractivity contribution in [2.45, 2.75) is 13.8 Å². The van der Waals surface area contributed by atoms with E-state index in [1.807, 2.05) is 0 Å². The number of benzene rings is 2. The summed E-state index contributed by atoms with van der Waals surface area (Å²) in [5, 5.41) is 5.88. The van der Waals surface area contributed by atoms with Crippen molar-refractivity contribution < 1.29 is 23.5 Å². The van der Waals surface area contributed by atoms with E-state index >= 15 is 0 Å². The van der Waals surface area contributed by atoms with E-state index < -0.39 is 23.6 Å². The van der Waals surface area contributed by atoms with Crippen LogP contribution in [0.2, 0.25) is 5.02 Å². The van der Waals surface area contributed by atoms with E-state index in [4.69, 9.17) is 16.3 Å². The lowest BCUT2D eigenvalue weighted by Gasteiger charge is -2.07. The molecule has 1 heterocycles. The van der Waals surface area contributed by atoms with Gasteiger partial charge < -0.3 is 15.4 Å². The predicted molar refractivity (Wildman–Crippen MR) is 119 cm³/mol. The Morgan fingerprint density at radius 2 is 1.71 bits per heavy atom. The van der Waals surface area contributed by atoms with Gasteiger partial charge in [0, 0.05) is 10.7 Å². The van der Waals surface area contributed by atoms with Gasteiger partial charge in [-0.1, -0.05) is 23.7 Å². The molecule has 2 N–H and O–H groups in total. The number of halogens is 2. The molecule has 0 aliphatic rings. The molecule has 3 rings (SSSR count). The van der Waals surface area contributed by atoms with Crippen LogP contribution in [0.3, 0.4) is 0 Å². The number of hydrogen-bond acceptors (Lipinski definition) is 5. The number of thiophene rings is 1. The molecule has 0 radical (unpaired) electrons. The van der Waals surface area contributed by atoms with E-state index in [9.17, 15) is 18.8 Å². The van der Waals surface area contributed by atoms with E-state index in [1.165, 1.54) is 18.2 Å². The maximum atomic E-state index is 14.0. The van der Waals surface area contributed by atoms with Crippen molar-refractivity contribution in [1.82, 2.24) is 0 Å². The van der Waals surface area contributed by atoms with Crippen LogP contribution in [0, 0.1) is 12.7 Å². The van der Waals surface area contributed by atoms with E-state index in [1.54, 1.807) is 38.1 Å². The van der Waals surface area contributed by atoms with Crippen molar-refractivity contribution in [2.24, 2.45) is 0 Å². The fourth-order valence-corrected chi connectivity index (χ4v) is 4.02. The van der Waals surface area contributed by atoms with Crippen LogP contribution in [-0.4, -0.2) is 24.4 Å². The van der Waals surface area contributed by atoms with Gasteiger partial charge in [0.15, 0.2) is 0 Å². The van der Waals surface area contributed by atoms with Crippen molar-refractivity contribution in [1.29, 1.82) is 0 Å². The summed E-state index contributed by atoms with van der Waals surface area (Å²) in [5.41, 5.74) is 0.726. The molecular weight excluding hydrogens is 443 g/mol. The van der Waals surface area contributed by atoms with Crippen LogP contribution in [0.4, 0.5) is 15.1 Å². The van der Waals surface area contributed by atoms with Gasteiger partial charge in [-0.15, -0.1) is 11.3 Å². The van der Waals surface area contributed by atoms with Crippen molar-refractivity contribution in [3.8, 4) is 0 Å². The zero-order chi connectivity index (χ0) is 22.5. The van der Waals surface area contributed by atoms with Gasteiger partial charge >= 0.3 is 5.97 Å². The largest absolute Gasteiger partial charge is 0.462 e. The molecule has 31 heavy (non-hydrogen) atoms. The maximum absolute atomic E-state index is 14.0. The smallest absolute Gasteiger partial charge is 0.341 e. The lowest BCUT2D eigenvalue weighted by atomic mass is 10.1. The van der Waals surface area contributed by atoms with Gasteiger partial charge in [-0.3, -0.25) is 9.59 Å². The molecular formula is C22H18ClFN2O4S. The van der Waals surface area contributed by atoms with Gasteiger partial charge in [-0.2, -0.15) is 0 Å². The van der Waals surface area contributed by atoms with Crippen LogP contribution in [0.15, 0.2) is 48.5 Å². The number of anilines is 2. The third-order valence-electron chi connectivity index (χ3n) is 4.28. The monoisotopic (exact) mass is 460 g/mol. The Balaban J connectivity index is 1.95. The number of carbonyl (C=O) groups is 3. The molecule has 6 nitrogen and oxygen atoms in total. The van der Waals surface area contributed by atoms with Crippen molar-refractivity contribution in [3.63, 3.8) is 0 Å². The second-order valence-corrected chi connectivity index (χ2v) is 7.83. The minimum absolute atomic E-state index is 0.0535. The van der Waals surface area contributed by atoms with Crippen molar-refractivity contribution in [2.75, 3.05) is 17.2 Å². The minimum Gasteiger partial charge on any atom is -0.462 e. The summed E-state index contributed by atoms with van der Waals surface area (Å²) in [7, 11) is 0. The first kappa shape index (κ1) is 22.5. The molecule has 0 spiro atoms. The molecule has 0 atom stereocenters. The van der Waals surface area contributed by atoms with Gasteiger partial charge in [-0.05, 0) is 55.8 Å².